The molecule has 4 nitrogen and oxygen atoms in total. The normalized spacial score (nSPS) is 10.6. The minimum Gasteiger partial charge on any atom is -0.504 e. The maximum absolute atomic E-state index is 10.1. The summed E-state index contributed by atoms with van der Waals surface area (Å²) in [5.41, 5.74) is 2.14. The number of rotatable bonds is 4. The van der Waals surface area contributed by atoms with Crippen LogP contribution in [0.4, 0.5) is 0 Å². The molecule has 0 spiro atoms. The van der Waals surface area contributed by atoms with Crippen LogP contribution in [0.1, 0.15) is 19.0 Å². The molecule has 4 heteroatoms. The lowest BCUT2D eigenvalue weighted by atomic mass is 10.1. The van der Waals surface area contributed by atoms with Gasteiger partial charge in [-0.1, -0.05) is 19.1 Å². The quantitative estimate of drug-likeness (QED) is 0.902. The summed E-state index contributed by atoms with van der Waals surface area (Å²) in [5.74, 6) is 0.970. The van der Waals surface area contributed by atoms with Crippen molar-refractivity contribution in [2.75, 3.05) is 6.61 Å². The third-order valence-corrected chi connectivity index (χ3v) is 2.91. The highest BCUT2D eigenvalue weighted by molar-refractivity contribution is 5.72. The zero-order valence-corrected chi connectivity index (χ0v) is 11.0. The second kappa shape index (κ2) is 5.12. The number of para-hydroxylation sites is 1. The Labute approximate surface area is 107 Å². The molecular weight excluding hydrogens is 228 g/mol. The van der Waals surface area contributed by atoms with Gasteiger partial charge in [-0.3, -0.25) is 4.68 Å². The highest BCUT2D eigenvalue weighted by Crippen LogP contribution is 2.36. The van der Waals surface area contributed by atoms with E-state index in [1.165, 1.54) is 0 Å². The molecule has 0 unspecified atom stereocenters. The molecule has 0 atom stereocenters. The van der Waals surface area contributed by atoms with E-state index in [4.69, 9.17) is 4.74 Å². The Morgan fingerprint density at radius 3 is 2.67 bits per heavy atom. The lowest BCUT2D eigenvalue weighted by Gasteiger charge is -2.09. The Morgan fingerprint density at radius 1 is 1.33 bits per heavy atom. The molecule has 2 aromatic rings. The average molecular weight is 246 g/mol. The SMILES string of the molecule is CCCOc1ccccc1-c1nn(C)c(C)c1O. The Morgan fingerprint density at radius 2 is 2.06 bits per heavy atom. The number of benzene rings is 1. The highest BCUT2D eigenvalue weighted by Gasteiger charge is 2.16. The Bertz CT molecular complexity index is 547. The maximum atomic E-state index is 10.1. The zero-order valence-electron chi connectivity index (χ0n) is 11.0. The summed E-state index contributed by atoms with van der Waals surface area (Å²) in [5, 5.41) is 14.4. The van der Waals surface area contributed by atoms with Crippen molar-refractivity contribution in [3.8, 4) is 22.8 Å². The standard InChI is InChI=1S/C14H18N2O2/c1-4-9-18-12-8-6-5-7-11(12)13-14(17)10(2)16(3)15-13/h5-8,17H,4,9H2,1-3H3. The fraction of sp³-hybridized carbons (Fsp3) is 0.357. The smallest absolute Gasteiger partial charge is 0.164 e. The average Bonchev–Trinajstić information content (AvgIpc) is 2.64. The lowest BCUT2D eigenvalue weighted by molar-refractivity contribution is 0.318. The highest BCUT2D eigenvalue weighted by atomic mass is 16.5. The van der Waals surface area contributed by atoms with E-state index >= 15 is 0 Å². The van der Waals surface area contributed by atoms with Crippen LogP contribution >= 0.6 is 0 Å². The molecule has 2 rings (SSSR count). The van der Waals surface area contributed by atoms with E-state index in [2.05, 4.69) is 12.0 Å². The van der Waals surface area contributed by atoms with Crippen molar-refractivity contribution in [2.24, 2.45) is 7.05 Å². The van der Waals surface area contributed by atoms with Crippen LogP contribution in [0.15, 0.2) is 24.3 Å². The summed E-state index contributed by atoms with van der Waals surface area (Å²) < 4.78 is 7.35. The van der Waals surface area contributed by atoms with Crippen LogP contribution in [0.2, 0.25) is 0 Å². The molecule has 96 valence electrons. The van der Waals surface area contributed by atoms with E-state index in [1.54, 1.807) is 4.68 Å². The van der Waals surface area contributed by atoms with E-state index < -0.39 is 0 Å². The summed E-state index contributed by atoms with van der Waals surface area (Å²) in [6, 6.07) is 7.64. The Hall–Kier alpha value is -1.97. The predicted molar refractivity (Wildman–Crippen MR) is 70.8 cm³/mol. The Balaban J connectivity index is 2.46. The largest absolute Gasteiger partial charge is 0.504 e. The van der Waals surface area contributed by atoms with Gasteiger partial charge in [0.1, 0.15) is 11.4 Å². The molecule has 0 amide bonds. The van der Waals surface area contributed by atoms with Crippen LogP contribution in [-0.4, -0.2) is 21.5 Å². The second-order valence-corrected chi connectivity index (χ2v) is 4.25. The van der Waals surface area contributed by atoms with Crippen molar-refractivity contribution in [3.05, 3.63) is 30.0 Å². The molecule has 0 aliphatic rings. The van der Waals surface area contributed by atoms with Crippen LogP contribution < -0.4 is 4.74 Å². The van der Waals surface area contributed by atoms with Gasteiger partial charge >= 0.3 is 0 Å². The second-order valence-electron chi connectivity index (χ2n) is 4.25. The van der Waals surface area contributed by atoms with Gasteiger partial charge in [0, 0.05) is 12.6 Å². The van der Waals surface area contributed by atoms with Gasteiger partial charge in [0.15, 0.2) is 5.75 Å². The number of aryl methyl sites for hydroxylation is 1. The van der Waals surface area contributed by atoms with Gasteiger partial charge in [0.2, 0.25) is 0 Å². The molecule has 0 aliphatic heterocycles. The molecule has 1 heterocycles. The molecule has 0 fully saturated rings. The van der Waals surface area contributed by atoms with Crippen LogP contribution in [0.5, 0.6) is 11.5 Å². The Kier molecular flexibility index (Phi) is 3.55. The molecule has 0 aliphatic carbocycles. The third-order valence-electron chi connectivity index (χ3n) is 2.91. The fourth-order valence-electron chi connectivity index (χ4n) is 1.78. The molecule has 1 N–H and O–H groups in total. The summed E-state index contributed by atoms with van der Waals surface area (Å²) in [4.78, 5) is 0. The summed E-state index contributed by atoms with van der Waals surface area (Å²) in [7, 11) is 1.81. The molecule has 1 aromatic carbocycles. The molecule has 0 radical (unpaired) electrons. The predicted octanol–water partition coefficient (Wildman–Crippen LogP) is 2.89. The van der Waals surface area contributed by atoms with Crippen molar-refractivity contribution >= 4 is 0 Å². The van der Waals surface area contributed by atoms with E-state index in [9.17, 15) is 5.11 Å². The van der Waals surface area contributed by atoms with Crippen molar-refractivity contribution in [1.82, 2.24) is 9.78 Å². The van der Waals surface area contributed by atoms with Gasteiger partial charge < -0.3 is 9.84 Å². The van der Waals surface area contributed by atoms with Crippen LogP contribution in [0, 0.1) is 6.92 Å². The molecule has 1 aromatic heterocycles. The summed E-state index contributed by atoms with van der Waals surface area (Å²) in [6.45, 7) is 4.55. The van der Waals surface area contributed by atoms with E-state index in [0.717, 1.165) is 23.4 Å². The molecule has 0 saturated carbocycles. The lowest BCUT2D eigenvalue weighted by Crippen LogP contribution is -1.97. The summed E-state index contributed by atoms with van der Waals surface area (Å²) in [6.07, 6.45) is 0.946. The number of ether oxygens (including phenoxy) is 1. The zero-order chi connectivity index (χ0) is 13.1. The van der Waals surface area contributed by atoms with Gasteiger partial charge in [-0.25, -0.2) is 0 Å². The number of hydrogen-bond acceptors (Lipinski definition) is 3. The molecule has 0 saturated heterocycles. The van der Waals surface area contributed by atoms with E-state index in [1.807, 2.05) is 38.2 Å². The van der Waals surface area contributed by atoms with Gasteiger partial charge in [-0.15, -0.1) is 0 Å². The minimum atomic E-state index is 0.213. The van der Waals surface area contributed by atoms with Crippen LogP contribution in [-0.2, 0) is 7.05 Å². The number of aromatic hydroxyl groups is 1. The fourth-order valence-corrected chi connectivity index (χ4v) is 1.78. The van der Waals surface area contributed by atoms with E-state index in [0.29, 0.717) is 12.3 Å². The van der Waals surface area contributed by atoms with Gasteiger partial charge in [-0.2, -0.15) is 5.10 Å². The van der Waals surface area contributed by atoms with Crippen molar-refractivity contribution in [3.63, 3.8) is 0 Å². The van der Waals surface area contributed by atoms with Crippen molar-refractivity contribution in [2.45, 2.75) is 20.3 Å². The molecular formula is C14H18N2O2. The monoisotopic (exact) mass is 246 g/mol. The van der Waals surface area contributed by atoms with Crippen LogP contribution in [0.25, 0.3) is 11.3 Å². The first-order valence-corrected chi connectivity index (χ1v) is 6.10. The number of aromatic nitrogens is 2. The first-order chi connectivity index (χ1) is 8.65. The number of nitrogens with zero attached hydrogens (tertiary/aromatic N) is 2. The first-order valence-electron chi connectivity index (χ1n) is 6.10. The van der Waals surface area contributed by atoms with Crippen molar-refractivity contribution in [1.29, 1.82) is 0 Å². The van der Waals surface area contributed by atoms with Gasteiger partial charge in [-0.05, 0) is 25.5 Å². The third kappa shape index (κ3) is 2.18. The molecule has 18 heavy (non-hydrogen) atoms. The topological polar surface area (TPSA) is 47.3 Å². The van der Waals surface area contributed by atoms with E-state index in [-0.39, 0.29) is 5.75 Å². The maximum Gasteiger partial charge on any atom is 0.164 e. The van der Waals surface area contributed by atoms with Crippen molar-refractivity contribution < 1.29 is 9.84 Å². The van der Waals surface area contributed by atoms with Gasteiger partial charge in [0.05, 0.1) is 12.3 Å². The summed E-state index contributed by atoms with van der Waals surface area (Å²) >= 11 is 0. The van der Waals surface area contributed by atoms with Crippen LogP contribution in [0.3, 0.4) is 0 Å². The first kappa shape index (κ1) is 12.5. The number of hydrogen-bond donors (Lipinski definition) is 1. The minimum absolute atomic E-state index is 0.213. The molecule has 0 bridgehead atoms. The van der Waals surface area contributed by atoms with Gasteiger partial charge in [0.25, 0.3) is 0 Å².